The maximum atomic E-state index is 11.8. The largest absolute Gasteiger partial charge is 0.444 e. The fourth-order valence-electron chi connectivity index (χ4n) is 2.68. The van der Waals surface area contributed by atoms with Gasteiger partial charge >= 0.3 is 6.09 Å². The summed E-state index contributed by atoms with van der Waals surface area (Å²) in [7, 11) is -1.09. The number of sulfone groups is 1. The molecule has 22 heavy (non-hydrogen) atoms. The van der Waals surface area contributed by atoms with Crippen LogP contribution in [-0.2, 0) is 14.6 Å². The Kier molecular flexibility index (Phi) is 6.23. The van der Waals surface area contributed by atoms with E-state index >= 15 is 0 Å². The molecule has 0 aromatic carbocycles. The van der Waals surface area contributed by atoms with E-state index in [1.165, 1.54) is 0 Å². The Bertz CT molecular complexity index is 487. The second kappa shape index (κ2) is 7.14. The van der Waals surface area contributed by atoms with E-state index in [9.17, 15) is 13.2 Å². The predicted octanol–water partition coefficient (Wildman–Crippen LogP) is 0.346. The summed E-state index contributed by atoms with van der Waals surface area (Å²) < 4.78 is 28.5. The molecule has 3 N–H and O–H groups in total. The lowest BCUT2D eigenvalue weighted by atomic mass is 10.1. The van der Waals surface area contributed by atoms with Crippen molar-refractivity contribution >= 4 is 15.9 Å². The maximum Gasteiger partial charge on any atom is 0.407 e. The van der Waals surface area contributed by atoms with E-state index < -0.39 is 21.5 Å². The molecule has 0 spiro atoms. The van der Waals surface area contributed by atoms with E-state index in [4.69, 9.17) is 10.5 Å². The number of nitrogens with one attached hydrogen (secondary N) is 1. The average molecular weight is 335 g/mol. The topological polar surface area (TPSA) is 102 Å². The van der Waals surface area contributed by atoms with Crippen molar-refractivity contribution in [1.82, 2.24) is 10.2 Å². The van der Waals surface area contributed by atoms with Gasteiger partial charge in [-0.15, -0.1) is 0 Å². The van der Waals surface area contributed by atoms with Crippen LogP contribution in [0, 0.1) is 0 Å². The summed E-state index contributed by atoms with van der Waals surface area (Å²) in [6.07, 6.45) is 0.111. The van der Waals surface area contributed by atoms with Crippen LogP contribution in [0.4, 0.5) is 4.79 Å². The van der Waals surface area contributed by atoms with Gasteiger partial charge in [0.2, 0.25) is 0 Å². The number of ether oxygens (including phenoxy) is 1. The minimum Gasteiger partial charge on any atom is -0.444 e. The van der Waals surface area contributed by atoms with Crippen molar-refractivity contribution in [2.45, 2.75) is 57.8 Å². The van der Waals surface area contributed by atoms with E-state index in [0.717, 1.165) is 0 Å². The highest BCUT2D eigenvalue weighted by atomic mass is 32.2. The van der Waals surface area contributed by atoms with Crippen LogP contribution in [-0.4, -0.2) is 68.2 Å². The highest BCUT2D eigenvalue weighted by molar-refractivity contribution is 7.91. The van der Waals surface area contributed by atoms with Gasteiger partial charge in [-0.25, -0.2) is 13.2 Å². The van der Waals surface area contributed by atoms with Gasteiger partial charge in [0.25, 0.3) is 0 Å². The van der Waals surface area contributed by atoms with Crippen molar-refractivity contribution < 1.29 is 17.9 Å². The third-order valence-electron chi connectivity index (χ3n) is 3.87. The monoisotopic (exact) mass is 335 g/mol. The first-order chi connectivity index (χ1) is 9.95. The third-order valence-corrected chi connectivity index (χ3v) is 5.62. The number of nitrogens with zero attached hydrogens (tertiary/aromatic N) is 1. The van der Waals surface area contributed by atoms with Gasteiger partial charge in [-0.2, -0.15) is 0 Å². The Morgan fingerprint density at radius 3 is 2.45 bits per heavy atom. The smallest absolute Gasteiger partial charge is 0.407 e. The minimum absolute atomic E-state index is 0.0542. The van der Waals surface area contributed by atoms with Crippen LogP contribution < -0.4 is 11.1 Å². The third kappa shape index (κ3) is 5.73. The lowest BCUT2D eigenvalue weighted by Gasteiger charge is -2.36. The molecule has 3 atom stereocenters. The van der Waals surface area contributed by atoms with Crippen molar-refractivity contribution in [1.29, 1.82) is 0 Å². The molecule has 1 amide bonds. The Morgan fingerprint density at radius 1 is 1.45 bits per heavy atom. The molecule has 0 aromatic rings. The molecule has 1 aliphatic heterocycles. The van der Waals surface area contributed by atoms with Crippen LogP contribution in [0.3, 0.4) is 0 Å². The molecule has 1 rings (SSSR count). The Hall–Kier alpha value is -0.860. The summed E-state index contributed by atoms with van der Waals surface area (Å²) in [6, 6.07) is -0.444. The molecule has 1 fully saturated rings. The molecule has 1 saturated heterocycles. The minimum atomic E-state index is -2.95. The normalized spacial score (nSPS) is 24.0. The van der Waals surface area contributed by atoms with Crippen molar-refractivity contribution in [3.63, 3.8) is 0 Å². The van der Waals surface area contributed by atoms with E-state index in [1.807, 2.05) is 18.9 Å². The second-order valence-electron chi connectivity index (χ2n) is 6.96. The van der Waals surface area contributed by atoms with E-state index in [1.54, 1.807) is 20.8 Å². The van der Waals surface area contributed by atoms with Gasteiger partial charge in [0.05, 0.1) is 11.5 Å². The van der Waals surface area contributed by atoms with Crippen molar-refractivity contribution in [2.24, 2.45) is 5.73 Å². The first kappa shape index (κ1) is 19.2. The molecule has 0 aromatic heterocycles. The van der Waals surface area contributed by atoms with Gasteiger partial charge < -0.3 is 15.8 Å². The quantitative estimate of drug-likeness (QED) is 0.751. The van der Waals surface area contributed by atoms with Gasteiger partial charge in [0.15, 0.2) is 9.84 Å². The van der Waals surface area contributed by atoms with Gasteiger partial charge in [-0.05, 0) is 41.2 Å². The number of alkyl carbamates (subject to hydrolysis) is 1. The van der Waals surface area contributed by atoms with E-state index in [0.29, 0.717) is 13.0 Å². The summed E-state index contributed by atoms with van der Waals surface area (Å²) in [6.45, 7) is 7.57. The van der Waals surface area contributed by atoms with Crippen LogP contribution in [0.5, 0.6) is 0 Å². The number of likely N-dealkylation sites (N-methyl/N-ethyl adjacent to an activating group) is 1. The molecule has 0 radical (unpaired) electrons. The Balaban J connectivity index is 2.64. The molecule has 1 aliphatic rings. The first-order valence-electron chi connectivity index (χ1n) is 7.57. The van der Waals surface area contributed by atoms with Crippen LogP contribution in [0.1, 0.15) is 34.1 Å². The molecule has 8 heteroatoms. The first-order valence-corrected chi connectivity index (χ1v) is 9.39. The van der Waals surface area contributed by atoms with Gasteiger partial charge in [-0.1, -0.05) is 0 Å². The zero-order chi connectivity index (χ0) is 17.1. The van der Waals surface area contributed by atoms with Crippen LogP contribution in [0.2, 0.25) is 0 Å². The SMILES string of the molecule is CC(NC(=O)OC(C)(C)C)C(CN)N(C)C1CCS(=O)(=O)C1. The number of carbonyl (C=O) groups excluding carboxylic acids is 1. The summed E-state index contributed by atoms with van der Waals surface area (Å²) in [4.78, 5) is 13.8. The van der Waals surface area contributed by atoms with Crippen LogP contribution >= 0.6 is 0 Å². The second-order valence-corrected chi connectivity index (χ2v) is 9.19. The highest BCUT2D eigenvalue weighted by Crippen LogP contribution is 2.19. The standard InChI is InChI=1S/C14H29N3O4S/c1-10(16-13(18)21-14(2,3)4)12(8-15)17(5)11-6-7-22(19,20)9-11/h10-12H,6-9,15H2,1-5H3,(H,16,18). The summed E-state index contributed by atoms with van der Waals surface area (Å²) in [5.74, 6) is 0.367. The van der Waals surface area contributed by atoms with Crippen molar-refractivity contribution in [2.75, 3.05) is 25.1 Å². The molecule has 130 valence electrons. The average Bonchev–Trinajstić information content (AvgIpc) is 2.67. The van der Waals surface area contributed by atoms with Gasteiger partial charge in [-0.3, -0.25) is 4.90 Å². The lowest BCUT2D eigenvalue weighted by molar-refractivity contribution is 0.0467. The molecule has 7 nitrogen and oxygen atoms in total. The molecule has 0 saturated carbocycles. The summed E-state index contributed by atoms with van der Waals surface area (Å²) in [5.41, 5.74) is 5.27. The van der Waals surface area contributed by atoms with E-state index in [2.05, 4.69) is 5.32 Å². The van der Waals surface area contributed by atoms with Crippen LogP contribution in [0.15, 0.2) is 0 Å². The number of rotatable bonds is 5. The zero-order valence-corrected chi connectivity index (χ0v) is 14.9. The maximum absolute atomic E-state index is 11.8. The van der Waals surface area contributed by atoms with Gasteiger partial charge in [0, 0.05) is 24.7 Å². The number of nitrogens with two attached hydrogens (primary N) is 1. The zero-order valence-electron chi connectivity index (χ0n) is 14.1. The fraction of sp³-hybridized carbons (Fsp3) is 0.929. The molecular weight excluding hydrogens is 306 g/mol. The number of hydrogen-bond acceptors (Lipinski definition) is 6. The van der Waals surface area contributed by atoms with Crippen molar-refractivity contribution in [3.05, 3.63) is 0 Å². The summed E-state index contributed by atoms with van der Waals surface area (Å²) >= 11 is 0. The molecular formula is C14H29N3O4S. The predicted molar refractivity (Wildman–Crippen MR) is 86.5 cm³/mol. The fourth-order valence-corrected chi connectivity index (χ4v) is 4.47. The molecule has 1 heterocycles. The highest BCUT2D eigenvalue weighted by Gasteiger charge is 2.35. The summed E-state index contributed by atoms with van der Waals surface area (Å²) in [5, 5.41) is 2.78. The Labute approximate surface area is 133 Å². The molecule has 0 bridgehead atoms. The van der Waals surface area contributed by atoms with Crippen molar-refractivity contribution in [3.8, 4) is 0 Å². The lowest BCUT2D eigenvalue weighted by Crippen LogP contribution is -2.56. The number of hydrogen-bond donors (Lipinski definition) is 2. The molecule has 0 aliphatic carbocycles. The Morgan fingerprint density at radius 2 is 2.05 bits per heavy atom. The number of carbonyl (C=O) groups is 1. The van der Waals surface area contributed by atoms with E-state index in [-0.39, 0.29) is 29.6 Å². The van der Waals surface area contributed by atoms with Crippen LogP contribution in [0.25, 0.3) is 0 Å². The van der Waals surface area contributed by atoms with Gasteiger partial charge in [0.1, 0.15) is 5.60 Å². The molecule has 3 unspecified atom stereocenters. The number of amides is 1.